The van der Waals surface area contributed by atoms with Gasteiger partial charge in [-0.3, -0.25) is 0 Å². The summed E-state index contributed by atoms with van der Waals surface area (Å²) in [7, 11) is 0. The Morgan fingerprint density at radius 1 is 0.707 bits per heavy atom. The minimum atomic E-state index is -2.08. The SMILES string of the molecule is CC(COC[C@H](O)C(O)[C@H](O)C(O)CO)(CO[C@H]1OC(CO)[C@@H](O)C(O)[C@H]1O)CO[C@@H](O)C(O)[C@@H](O)[C@H](O)CCO. The topological polar surface area (TPSA) is 320 Å². The number of aliphatic hydroxyl groups excluding tert-OH is 14. The Balaban J connectivity index is 2.92. The van der Waals surface area contributed by atoms with E-state index in [9.17, 15) is 61.3 Å². The Bertz CT molecular complexity index is 704. The van der Waals surface area contributed by atoms with Crippen molar-refractivity contribution in [2.75, 3.05) is 46.2 Å². The zero-order chi connectivity index (χ0) is 31.5. The molecule has 0 spiro atoms. The summed E-state index contributed by atoms with van der Waals surface area (Å²) in [5.41, 5.74) is -1.36. The number of rotatable bonds is 20. The molecule has 41 heavy (non-hydrogen) atoms. The minimum absolute atomic E-state index is 0.304. The molecule has 14 atom stereocenters. The highest BCUT2D eigenvalue weighted by molar-refractivity contribution is 4.89. The maximum Gasteiger partial charge on any atom is 0.186 e. The van der Waals surface area contributed by atoms with Crippen LogP contribution in [0.15, 0.2) is 0 Å². The largest absolute Gasteiger partial charge is 0.396 e. The minimum Gasteiger partial charge on any atom is -0.396 e. The molecule has 0 saturated carbocycles. The van der Waals surface area contributed by atoms with Crippen LogP contribution in [0.4, 0.5) is 0 Å². The van der Waals surface area contributed by atoms with E-state index in [0.717, 1.165) is 0 Å². The summed E-state index contributed by atoms with van der Waals surface area (Å²) in [6.07, 6.45) is -23.2. The molecular weight excluding hydrogens is 564 g/mol. The molecule has 6 unspecified atom stereocenters. The number of hydrogen-bond acceptors (Lipinski definition) is 18. The van der Waals surface area contributed by atoms with Crippen LogP contribution in [0.3, 0.4) is 0 Å². The normalized spacial score (nSPS) is 31.0. The molecule has 0 aromatic heterocycles. The van der Waals surface area contributed by atoms with Crippen molar-refractivity contribution >= 4 is 0 Å². The highest BCUT2D eigenvalue weighted by Crippen LogP contribution is 2.26. The summed E-state index contributed by atoms with van der Waals surface area (Å²) in [4.78, 5) is 0. The molecule has 0 bridgehead atoms. The van der Waals surface area contributed by atoms with Crippen molar-refractivity contribution in [2.24, 2.45) is 5.41 Å². The molecule has 1 heterocycles. The lowest BCUT2D eigenvalue weighted by molar-refractivity contribution is -0.309. The van der Waals surface area contributed by atoms with Crippen LogP contribution in [0.2, 0.25) is 0 Å². The van der Waals surface area contributed by atoms with Crippen LogP contribution in [0, 0.1) is 5.41 Å². The quantitative estimate of drug-likeness (QED) is 0.0569. The molecule has 1 aliphatic rings. The van der Waals surface area contributed by atoms with Crippen LogP contribution in [0.1, 0.15) is 13.3 Å². The van der Waals surface area contributed by atoms with E-state index < -0.39 is 131 Å². The Morgan fingerprint density at radius 2 is 1.29 bits per heavy atom. The smallest absolute Gasteiger partial charge is 0.186 e. The lowest BCUT2D eigenvalue weighted by Crippen LogP contribution is -2.59. The van der Waals surface area contributed by atoms with Crippen LogP contribution in [0.5, 0.6) is 0 Å². The lowest BCUT2D eigenvalue weighted by atomic mass is 9.93. The molecule has 246 valence electrons. The second-order valence-electron chi connectivity index (χ2n) is 10.4. The fraction of sp³-hybridized carbons (Fsp3) is 1.00. The molecule has 1 saturated heterocycles. The van der Waals surface area contributed by atoms with E-state index >= 15 is 0 Å². The fourth-order valence-electron chi connectivity index (χ4n) is 3.79. The average Bonchev–Trinajstić information content (AvgIpc) is 2.96. The molecule has 0 aromatic carbocycles. The third-order valence-electron chi connectivity index (χ3n) is 6.57. The van der Waals surface area contributed by atoms with Gasteiger partial charge >= 0.3 is 0 Å². The van der Waals surface area contributed by atoms with Crippen molar-refractivity contribution in [2.45, 2.75) is 93.1 Å². The average molecular weight is 611 g/mol. The molecule has 1 aliphatic heterocycles. The van der Waals surface area contributed by atoms with E-state index in [2.05, 4.69) is 0 Å². The van der Waals surface area contributed by atoms with Gasteiger partial charge in [0.1, 0.15) is 61.0 Å². The van der Waals surface area contributed by atoms with Crippen molar-refractivity contribution < 1.29 is 90.4 Å². The van der Waals surface area contributed by atoms with E-state index in [0.29, 0.717) is 0 Å². The van der Waals surface area contributed by atoms with Gasteiger partial charge in [0.2, 0.25) is 0 Å². The van der Waals surface area contributed by atoms with Crippen molar-refractivity contribution in [3.63, 3.8) is 0 Å². The van der Waals surface area contributed by atoms with Gasteiger partial charge in [0.25, 0.3) is 0 Å². The van der Waals surface area contributed by atoms with Crippen LogP contribution in [-0.4, -0.2) is 197 Å². The van der Waals surface area contributed by atoms with Crippen molar-refractivity contribution in [1.29, 1.82) is 0 Å². The van der Waals surface area contributed by atoms with E-state index in [-0.39, 0.29) is 6.42 Å². The van der Waals surface area contributed by atoms with E-state index in [1.165, 1.54) is 6.92 Å². The maximum absolute atomic E-state index is 10.2. The summed E-state index contributed by atoms with van der Waals surface area (Å²) in [5.74, 6) is 0. The molecule has 0 aliphatic carbocycles. The monoisotopic (exact) mass is 610 g/mol. The molecule has 14 N–H and O–H groups in total. The molecule has 1 fully saturated rings. The predicted molar refractivity (Wildman–Crippen MR) is 131 cm³/mol. The van der Waals surface area contributed by atoms with Crippen LogP contribution >= 0.6 is 0 Å². The number of hydrogen-bond donors (Lipinski definition) is 14. The highest BCUT2D eigenvalue weighted by Gasteiger charge is 2.45. The first-order valence-electron chi connectivity index (χ1n) is 12.9. The summed E-state index contributed by atoms with van der Waals surface area (Å²) < 4.78 is 21.4. The van der Waals surface area contributed by atoms with Crippen molar-refractivity contribution in [3.05, 3.63) is 0 Å². The standard InChI is InChI=1S/C23H46O18/c1-23(7-38-6-12(29)16(32)15(31)11(28)4-25,8-39-21(37)19(35)14(30)10(27)2-3-24)9-40-22-20(36)18(34)17(33)13(5-26)41-22/h10-22,24-37H,2-9H2,1H3/t10-,11?,12+,13?,14+,15-,16?,17-,18?,19?,20-,21-,22+,23?/m1/s1. The van der Waals surface area contributed by atoms with Gasteiger partial charge in [0, 0.05) is 12.0 Å². The molecule has 18 nitrogen and oxygen atoms in total. The van der Waals surface area contributed by atoms with Gasteiger partial charge < -0.3 is 90.4 Å². The van der Waals surface area contributed by atoms with E-state index in [1.807, 2.05) is 0 Å². The number of ether oxygens (including phenoxy) is 4. The third kappa shape index (κ3) is 11.4. The Kier molecular flexibility index (Phi) is 17.0. The lowest BCUT2D eigenvalue weighted by Gasteiger charge is -2.41. The highest BCUT2D eigenvalue weighted by atomic mass is 16.7. The summed E-state index contributed by atoms with van der Waals surface area (Å²) in [6.45, 7) is -2.73. The van der Waals surface area contributed by atoms with Crippen LogP contribution in [-0.2, 0) is 18.9 Å². The molecular formula is C23H46O18. The first kappa shape index (κ1) is 38.3. The molecule has 18 heteroatoms. The zero-order valence-corrected chi connectivity index (χ0v) is 22.6. The third-order valence-corrected chi connectivity index (χ3v) is 6.57. The first-order chi connectivity index (χ1) is 19.1. The van der Waals surface area contributed by atoms with E-state index in [1.54, 1.807) is 0 Å². The van der Waals surface area contributed by atoms with Gasteiger partial charge in [-0.2, -0.15) is 0 Å². The first-order valence-corrected chi connectivity index (χ1v) is 12.9. The van der Waals surface area contributed by atoms with Gasteiger partial charge in [-0.05, 0) is 6.42 Å². The summed E-state index contributed by atoms with van der Waals surface area (Å²) in [6, 6.07) is 0. The Hall–Kier alpha value is -0.720. The van der Waals surface area contributed by atoms with Gasteiger partial charge in [0.05, 0.1) is 45.7 Å². The Morgan fingerprint density at radius 3 is 1.85 bits per heavy atom. The molecule has 1 rings (SSSR count). The number of aliphatic hydroxyl groups is 14. The molecule has 0 amide bonds. The van der Waals surface area contributed by atoms with Crippen molar-refractivity contribution in [1.82, 2.24) is 0 Å². The molecule has 0 radical (unpaired) electrons. The van der Waals surface area contributed by atoms with Gasteiger partial charge in [-0.25, -0.2) is 0 Å². The second kappa shape index (κ2) is 18.2. The van der Waals surface area contributed by atoms with Gasteiger partial charge in [-0.15, -0.1) is 0 Å². The second-order valence-corrected chi connectivity index (χ2v) is 10.4. The summed E-state index contributed by atoms with van der Waals surface area (Å²) in [5, 5.41) is 137. The van der Waals surface area contributed by atoms with Gasteiger partial charge in [0.15, 0.2) is 12.6 Å². The van der Waals surface area contributed by atoms with E-state index in [4.69, 9.17) is 29.2 Å². The fourth-order valence-corrected chi connectivity index (χ4v) is 3.79. The summed E-state index contributed by atoms with van der Waals surface area (Å²) >= 11 is 0. The van der Waals surface area contributed by atoms with Crippen molar-refractivity contribution in [3.8, 4) is 0 Å². The van der Waals surface area contributed by atoms with Crippen LogP contribution < -0.4 is 0 Å². The Labute approximate surface area is 235 Å². The zero-order valence-electron chi connectivity index (χ0n) is 22.6. The van der Waals surface area contributed by atoms with Crippen LogP contribution in [0.25, 0.3) is 0 Å². The molecule has 0 aromatic rings. The van der Waals surface area contributed by atoms with Gasteiger partial charge in [-0.1, -0.05) is 6.92 Å². The predicted octanol–water partition coefficient (Wildman–Crippen LogP) is -7.94. The maximum atomic E-state index is 10.2.